The third-order valence-corrected chi connectivity index (χ3v) is 5.12. The van der Waals surface area contributed by atoms with Crippen LogP contribution >= 0.6 is 11.8 Å². The number of nitrogens with zero attached hydrogens (tertiary/aromatic N) is 3. The van der Waals surface area contributed by atoms with Gasteiger partial charge in [-0.3, -0.25) is 4.98 Å². The third kappa shape index (κ3) is 4.11. The van der Waals surface area contributed by atoms with Crippen LogP contribution in [-0.4, -0.2) is 19.6 Å². The first-order valence-corrected chi connectivity index (χ1v) is 9.23. The van der Waals surface area contributed by atoms with Gasteiger partial charge in [0, 0.05) is 17.3 Å². The van der Waals surface area contributed by atoms with Crippen molar-refractivity contribution in [1.29, 1.82) is 0 Å². The second-order valence-corrected chi connectivity index (χ2v) is 7.45. The van der Waals surface area contributed by atoms with Gasteiger partial charge in [0.1, 0.15) is 17.5 Å². The van der Waals surface area contributed by atoms with E-state index in [1.807, 2.05) is 12.1 Å². The Morgan fingerprint density at radius 2 is 1.92 bits per heavy atom. The second-order valence-electron chi connectivity index (χ2n) is 6.39. The zero-order valence-corrected chi connectivity index (χ0v) is 15.6. The van der Waals surface area contributed by atoms with Gasteiger partial charge < -0.3 is 9.67 Å². The molecule has 130 valence electrons. The van der Waals surface area contributed by atoms with Crippen LogP contribution in [0.25, 0.3) is 0 Å². The highest BCUT2D eigenvalue weighted by molar-refractivity contribution is 7.99. The van der Waals surface area contributed by atoms with Crippen molar-refractivity contribution in [2.45, 2.75) is 49.8 Å². The van der Waals surface area contributed by atoms with E-state index in [0.717, 1.165) is 16.3 Å². The van der Waals surface area contributed by atoms with Crippen LogP contribution in [0.3, 0.4) is 0 Å². The molecule has 0 aliphatic rings. The third-order valence-electron chi connectivity index (χ3n) is 4.01. The van der Waals surface area contributed by atoms with Crippen LogP contribution in [0.4, 0.5) is 0 Å². The predicted octanol–water partition coefficient (Wildman–Crippen LogP) is 4.40. The number of aliphatic hydroxyl groups excluding tert-OH is 1. The van der Waals surface area contributed by atoms with Gasteiger partial charge in [-0.1, -0.05) is 43.3 Å². The van der Waals surface area contributed by atoms with Crippen molar-refractivity contribution in [1.82, 2.24) is 14.5 Å². The molecule has 3 aromatic rings. The van der Waals surface area contributed by atoms with Crippen LogP contribution in [0, 0.1) is 6.92 Å². The number of imidazole rings is 1. The van der Waals surface area contributed by atoms with Crippen LogP contribution in [0.2, 0.25) is 0 Å². The number of pyridine rings is 1. The maximum Gasteiger partial charge on any atom is 0.136 e. The van der Waals surface area contributed by atoms with E-state index in [1.54, 1.807) is 24.2 Å². The lowest BCUT2D eigenvalue weighted by Gasteiger charge is -2.13. The molecule has 0 fully saturated rings. The molecule has 4 nitrogen and oxygen atoms in total. The molecule has 0 amide bonds. The summed E-state index contributed by atoms with van der Waals surface area (Å²) in [7, 11) is 0. The van der Waals surface area contributed by atoms with E-state index in [9.17, 15) is 5.11 Å². The van der Waals surface area contributed by atoms with E-state index >= 15 is 0 Å². The smallest absolute Gasteiger partial charge is 0.136 e. The molecule has 2 aromatic heterocycles. The van der Waals surface area contributed by atoms with Crippen LogP contribution < -0.4 is 0 Å². The van der Waals surface area contributed by atoms with E-state index in [0.29, 0.717) is 12.4 Å². The Morgan fingerprint density at radius 1 is 1.16 bits per heavy atom. The van der Waals surface area contributed by atoms with Gasteiger partial charge in [-0.05, 0) is 42.7 Å². The lowest BCUT2D eigenvalue weighted by atomic mass is 10.1. The standard InChI is InChI=1S/C20H23N3OS/c1-14(2)19-20(25-17-6-4-5-15(3)11-17)23(18(13-24)22-19)12-16-7-9-21-10-8-16/h4-11,14,24H,12-13H2,1-3H3. The summed E-state index contributed by atoms with van der Waals surface area (Å²) in [6, 6.07) is 12.5. The molecule has 2 heterocycles. The fraction of sp³-hybridized carbons (Fsp3) is 0.300. The molecule has 0 saturated heterocycles. The molecule has 1 N–H and O–H groups in total. The molecule has 0 saturated carbocycles. The zero-order valence-electron chi connectivity index (χ0n) is 14.8. The molecule has 0 aliphatic heterocycles. The predicted molar refractivity (Wildman–Crippen MR) is 101 cm³/mol. The maximum atomic E-state index is 9.82. The molecule has 5 heteroatoms. The molecule has 1 aromatic carbocycles. The van der Waals surface area contributed by atoms with E-state index in [2.05, 4.69) is 54.6 Å². The average Bonchev–Trinajstić information content (AvgIpc) is 2.94. The Bertz CT molecular complexity index is 843. The number of hydrogen-bond donors (Lipinski definition) is 1. The Balaban J connectivity index is 2.05. The first-order chi connectivity index (χ1) is 12.1. The fourth-order valence-electron chi connectivity index (χ4n) is 2.73. The lowest BCUT2D eigenvalue weighted by molar-refractivity contribution is 0.265. The summed E-state index contributed by atoms with van der Waals surface area (Å²) >= 11 is 1.71. The van der Waals surface area contributed by atoms with Gasteiger partial charge >= 0.3 is 0 Å². The summed E-state index contributed by atoms with van der Waals surface area (Å²) < 4.78 is 2.12. The van der Waals surface area contributed by atoms with Crippen LogP contribution in [-0.2, 0) is 13.2 Å². The van der Waals surface area contributed by atoms with Gasteiger partial charge in [-0.2, -0.15) is 0 Å². The normalized spacial score (nSPS) is 11.2. The first-order valence-electron chi connectivity index (χ1n) is 8.42. The van der Waals surface area contributed by atoms with Crippen LogP contribution in [0.1, 0.15) is 42.4 Å². The number of benzene rings is 1. The highest BCUT2D eigenvalue weighted by Gasteiger charge is 2.20. The SMILES string of the molecule is Cc1cccc(Sc2c(C(C)C)nc(CO)n2Cc2ccncc2)c1. The molecular formula is C20H23N3OS. The number of hydrogen-bond acceptors (Lipinski definition) is 4. The van der Waals surface area contributed by atoms with Crippen molar-refractivity contribution in [3.05, 3.63) is 71.4 Å². The van der Waals surface area contributed by atoms with Crippen molar-refractivity contribution in [2.24, 2.45) is 0 Å². The summed E-state index contributed by atoms with van der Waals surface area (Å²) in [5.74, 6) is 0.993. The Labute approximate surface area is 153 Å². The molecule has 0 aliphatic carbocycles. The highest BCUT2D eigenvalue weighted by atomic mass is 32.2. The Kier molecular flexibility index (Phi) is 5.56. The molecule has 0 spiro atoms. The van der Waals surface area contributed by atoms with Crippen LogP contribution in [0.15, 0.2) is 58.7 Å². The molecule has 0 radical (unpaired) electrons. The minimum absolute atomic E-state index is 0.0703. The van der Waals surface area contributed by atoms with Crippen molar-refractivity contribution >= 4 is 11.8 Å². The number of rotatable bonds is 6. The van der Waals surface area contributed by atoms with Crippen molar-refractivity contribution < 1.29 is 5.11 Å². The molecular weight excluding hydrogens is 330 g/mol. The molecule has 25 heavy (non-hydrogen) atoms. The largest absolute Gasteiger partial charge is 0.388 e. The topological polar surface area (TPSA) is 50.9 Å². The van der Waals surface area contributed by atoms with Gasteiger partial charge in [0.05, 0.1) is 12.2 Å². The van der Waals surface area contributed by atoms with E-state index in [-0.39, 0.29) is 12.5 Å². The molecule has 0 atom stereocenters. The van der Waals surface area contributed by atoms with Gasteiger partial charge in [-0.25, -0.2) is 4.98 Å². The maximum absolute atomic E-state index is 9.82. The zero-order chi connectivity index (χ0) is 17.8. The fourth-order valence-corrected chi connectivity index (χ4v) is 4.01. The van der Waals surface area contributed by atoms with Gasteiger partial charge in [0.15, 0.2) is 0 Å². The van der Waals surface area contributed by atoms with E-state index in [4.69, 9.17) is 4.98 Å². The van der Waals surface area contributed by atoms with Gasteiger partial charge in [-0.15, -0.1) is 0 Å². The monoisotopic (exact) mass is 353 g/mol. The summed E-state index contributed by atoms with van der Waals surface area (Å²) in [4.78, 5) is 9.99. The summed E-state index contributed by atoms with van der Waals surface area (Å²) in [6.45, 7) is 6.98. The quantitative estimate of drug-likeness (QED) is 0.713. The molecule has 3 rings (SSSR count). The highest BCUT2D eigenvalue weighted by Crippen LogP contribution is 2.35. The first kappa shape index (κ1) is 17.7. The van der Waals surface area contributed by atoms with Gasteiger partial charge in [0.25, 0.3) is 0 Å². The van der Waals surface area contributed by atoms with Crippen LogP contribution in [0.5, 0.6) is 0 Å². The minimum Gasteiger partial charge on any atom is -0.388 e. The number of aliphatic hydroxyl groups is 1. The van der Waals surface area contributed by atoms with Crippen molar-refractivity contribution in [3.8, 4) is 0 Å². The van der Waals surface area contributed by atoms with E-state index in [1.165, 1.54) is 10.5 Å². The summed E-state index contributed by atoms with van der Waals surface area (Å²) in [6.07, 6.45) is 3.59. The molecule has 0 unspecified atom stereocenters. The minimum atomic E-state index is -0.0703. The average molecular weight is 353 g/mol. The summed E-state index contributed by atoms with van der Waals surface area (Å²) in [5, 5.41) is 10.9. The second kappa shape index (κ2) is 7.85. The number of aromatic nitrogens is 3. The lowest BCUT2D eigenvalue weighted by Crippen LogP contribution is -2.06. The van der Waals surface area contributed by atoms with Gasteiger partial charge in [0.2, 0.25) is 0 Å². The summed E-state index contributed by atoms with van der Waals surface area (Å²) in [5.41, 5.74) is 3.41. The van der Waals surface area contributed by atoms with Crippen molar-refractivity contribution in [2.75, 3.05) is 0 Å². The van der Waals surface area contributed by atoms with E-state index < -0.39 is 0 Å². The number of aryl methyl sites for hydroxylation is 1. The van der Waals surface area contributed by atoms with Crippen molar-refractivity contribution in [3.63, 3.8) is 0 Å². The Morgan fingerprint density at radius 3 is 2.56 bits per heavy atom. The Hall–Kier alpha value is -2.11. The molecule has 0 bridgehead atoms.